The summed E-state index contributed by atoms with van der Waals surface area (Å²) in [6, 6.07) is 17.6. The first-order valence-electron chi connectivity index (χ1n) is 7.93. The molecule has 7 nitrogen and oxygen atoms in total. The molecule has 128 valence electrons. The third kappa shape index (κ3) is 3.70. The van der Waals surface area contributed by atoms with Gasteiger partial charge in [-0.3, -0.25) is 0 Å². The number of nitrogens with two attached hydrogens (primary N) is 1. The van der Waals surface area contributed by atoms with Gasteiger partial charge in [-0.25, -0.2) is 9.97 Å². The Hall–Kier alpha value is -3.26. The molecule has 0 saturated heterocycles. The van der Waals surface area contributed by atoms with Crippen LogP contribution in [0, 0.1) is 0 Å². The van der Waals surface area contributed by atoms with Crippen molar-refractivity contribution in [3.05, 3.63) is 66.7 Å². The fourth-order valence-corrected chi connectivity index (χ4v) is 3.28. The number of nitrogen functional groups attached to an aromatic ring is 1. The molecule has 0 fully saturated rings. The summed E-state index contributed by atoms with van der Waals surface area (Å²) in [5.74, 6) is 1.72. The zero-order valence-corrected chi connectivity index (χ0v) is 14.5. The SMILES string of the molecule is Nc1nc(CSc2ncnc3ccccc23)nc(Nc2ccccc2)n1. The highest BCUT2D eigenvalue weighted by Crippen LogP contribution is 2.26. The number of hydrogen-bond donors (Lipinski definition) is 2. The van der Waals surface area contributed by atoms with Crippen molar-refractivity contribution in [3.63, 3.8) is 0 Å². The fraction of sp³-hybridized carbons (Fsp3) is 0.0556. The Labute approximate surface area is 154 Å². The zero-order chi connectivity index (χ0) is 17.8. The van der Waals surface area contributed by atoms with Gasteiger partial charge in [0.05, 0.1) is 11.3 Å². The summed E-state index contributed by atoms with van der Waals surface area (Å²) in [5, 5.41) is 5.02. The van der Waals surface area contributed by atoms with Crippen LogP contribution in [0.1, 0.15) is 5.82 Å². The normalized spacial score (nSPS) is 10.8. The third-order valence-corrected chi connectivity index (χ3v) is 4.57. The summed E-state index contributed by atoms with van der Waals surface area (Å²) in [4.78, 5) is 21.5. The van der Waals surface area contributed by atoms with Crippen LogP contribution in [0.3, 0.4) is 0 Å². The van der Waals surface area contributed by atoms with Crippen LogP contribution in [-0.2, 0) is 5.75 Å². The maximum atomic E-state index is 5.84. The quantitative estimate of drug-likeness (QED) is 0.412. The number of fused-ring (bicyclic) bond motifs is 1. The summed E-state index contributed by atoms with van der Waals surface area (Å²) in [7, 11) is 0. The Balaban J connectivity index is 1.54. The van der Waals surface area contributed by atoms with E-state index < -0.39 is 0 Å². The van der Waals surface area contributed by atoms with Gasteiger partial charge in [0, 0.05) is 11.1 Å². The molecule has 0 atom stereocenters. The minimum atomic E-state index is 0.182. The highest BCUT2D eigenvalue weighted by atomic mass is 32.2. The molecule has 0 aliphatic heterocycles. The Morgan fingerprint density at radius 1 is 0.885 bits per heavy atom. The third-order valence-electron chi connectivity index (χ3n) is 3.57. The molecule has 2 heterocycles. The lowest BCUT2D eigenvalue weighted by Crippen LogP contribution is -2.06. The van der Waals surface area contributed by atoms with Crippen molar-refractivity contribution >= 4 is 40.2 Å². The molecule has 4 rings (SSSR count). The van der Waals surface area contributed by atoms with Gasteiger partial charge in [0.25, 0.3) is 0 Å². The van der Waals surface area contributed by atoms with Crippen LogP contribution >= 0.6 is 11.8 Å². The molecule has 0 radical (unpaired) electrons. The van der Waals surface area contributed by atoms with Gasteiger partial charge in [0.1, 0.15) is 17.2 Å². The molecule has 0 aliphatic rings. The van der Waals surface area contributed by atoms with Gasteiger partial charge < -0.3 is 11.1 Å². The molecular weight excluding hydrogens is 346 g/mol. The van der Waals surface area contributed by atoms with Crippen LogP contribution in [0.25, 0.3) is 10.9 Å². The van der Waals surface area contributed by atoms with Gasteiger partial charge in [-0.15, -0.1) is 0 Å². The predicted octanol–water partition coefficient (Wildman–Crippen LogP) is 3.43. The van der Waals surface area contributed by atoms with Crippen molar-refractivity contribution in [1.29, 1.82) is 0 Å². The van der Waals surface area contributed by atoms with Crippen LogP contribution in [0.2, 0.25) is 0 Å². The highest BCUT2D eigenvalue weighted by Gasteiger charge is 2.08. The topological polar surface area (TPSA) is 102 Å². The van der Waals surface area contributed by atoms with Gasteiger partial charge in [-0.2, -0.15) is 15.0 Å². The second kappa shape index (κ2) is 7.32. The average Bonchev–Trinajstić information content (AvgIpc) is 2.67. The first kappa shape index (κ1) is 16.2. The Bertz CT molecular complexity index is 1030. The molecule has 0 bridgehead atoms. The number of para-hydroxylation sites is 2. The Kier molecular flexibility index (Phi) is 4.57. The molecule has 0 unspecified atom stereocenters. The molecule has 3 N–H and O–H groups in total. The lowest BCUT2D eigenvalue weighted by atomic mass is 10.2. The molecule has 0 aliphatic carbocycles. The van der Waals surface area contributed by atoms with Gasteiger partial charge >= 0.3 is 0 Å². The van der Waals surface area contributed by atoms with E-state index in [0.717, 1.165) is 21.6 Å². The van der Waals surface area contributed by atoms with E-state index in [-0.39, 0.29) is 5.95 Å². The second-order valence-electron chi connectivity index (χ2n) is 5.41. The Morgan fingerprint density at radius 3 is 2.58 bits per heavy atom. The summed E-state index contributed by atoms with van der Waals surface area (Å²) >= 11 is 1.54. The lowest BCUT2D eigenvalue weighted by Gasteiger charge is -2.07. The fourth-order valence-electron chi connectivity index (χ4n) is 2.44. The van der Waals surface area contributed by atoms with Crippen LogP contribution in [0.4, 0.5) is 17.6 Å². The van der Waals surface area contributed by atoms with E-state index >= 15 is 0 Å². The molecule has 26 heavy (non-hydrogen) atoms. The molecule has 0 amide bonds. The van der Waals surface area contributed by atoms with E-state index in [1.807, 2.05) is 54.6 Å². The van der Waals surface area contributed by atoms with Crippen LogP contribution in [0.15, 0.2) is 66.0 Å². The van der Waals surface area contributed by atoms with E-state index in [9.17, 15) is 0 Å². The lowest BCUT2D eigenvalue weighted by molar-refractivity contribution is 0.979. The number of nitrogens with zero attached hydrogens (tertiary/aromatic N) is 5. The molecule has 0 saturated carbocycles. The van der Waals surface area contributed by atoms with E-state index in [2.05, 4.69) is 30.2 Å². The smallest absolute Gasteiger partial charge is 0.232 e. The maximum Gasteiger partial charge on any atom is 0.232 e. The van der Waals surface area contributed by atoms with Crippen LogP contribution in [0.5, 0.6) is 0 Å². The van der Waals surface area contributed by atoms with Gasteiger partial charge in [0.15, 0.2) is 0 Å². The molecule has 2 aromatic heterocycles. The maximum absolute atomic E-state index is 5.84. The summed E-state index contributed by atoms with van der Waals surface area (Å²) in [6.45, 7) is 0. The number of anilines is 3. The van der Waals surface area contributed by atoms with Crippen LogP contribution in [-0.4, -0.2) is 24.9 Å². The number of nitrogens with one attached hydrogen (secondary N) is 1. The molecular formula is C18H15N7S. The average molecular weight is 361 g/mol. The van der Waals surface area contributed by atoms with Crippen molar-refractivity contribution < 1.29 is 0 Å². The number of rotatable bonds is 5. The van der Waals surface area contributed by atoms with E-state index in [1.165, 1.54) is 11.8 Å². The van der Waals surface area contributed by atoms with Gasteiger partial charge in [-0.1, -0.05) is 48.2 Å². The standard InChI is InChI=1S/C18H15N7S/c19-17-23-15(24-18(25-17)22-12-6-2-1-3-7-12)10-26-16-13-8-4-5-9-14(13)20-11-21-16/h1-9,11H,10H2,(H3,19,22,23,24,25). The number of hydrogen-bond acceptors (Lipinski definition) is 8. The van der Waals surface area contributed by atoms with Crippen molar-refractivity contribution in [2.45, 2.75) is 10.8 Å². The zero-order valence-electron chi connectivity index (χ0n) is 13.7. The summed E-state index contributed by atoms with van der Waals surface area (Å²) < 4.78 is 0. The molecule has 4 aromatic rings. The highest BCUT2D eigenvalue weighted by molar-refractivity contribution is 7.98. The minimum absolute atomic E-state index is 0.182. The van der Waals surface area contributed by atoms with Crippen molar-refractivity contribution in [2.75, 3.05) is 11.1 Å². The second-order valence-corrected chi connectivity index (χ2v) is 6.37. The molecule has 8 heteroatoms. The van der Waals surface area contributed by atoms with Crippen molar-refractivity contribution in [3.8, 4) is 0 Å². The van der Waals surface area contributed by atoms with Crippen LogP contribution < -0.4 is 11.1 Å². The van der Waals surface area contributed by atoms with E-state index in [1.54, 1.807) is 6.33 Å². The van der Waals surface area contributed by atoms with E-state index in [4.69, 9.17) is 5.73 Å². The first-order valence-corrected chi connectivity index (χ1v) is 8.91. The van der Waals surface area contributed by atoms with E-state index in [0.29, 0.717) is 17.5 Å². The largest absolute Gasteiger partial charge is 0.368 e. The van der Waals surface area contributed by atoms with Gasteiger partial charge in [0.2, 0.25) is 11.9 Å². The Morgan fingerprint density at radius 2 is 1.69 bits per heavy atom. The summed E-state index contributed by atoms with van der Waals surface area (Å²) in [6.07, 6.45) is 1.56. The molecule has 2 aromatic carbocycles. The predicted molar refractivity (Wildman–Crippen MR) is 103 cm³/mol. The van der Waals surface area contributed by atoms with Crippen molar-refractivity contribution in [2.24, 2.45) is 0 Å². The van der Waals surface area contributed by atoms with Gasteiger partial charge in [-0.05, 0) is 18.2 Å². The number of thioether (sulfide) groups is 1. The number of benzene rings is 2. The minimum Gasteiger partial charge on any atom is -0.368 e. The monoisotopic (exact) mass is 361 g/mol. The van der Waals surface area contributed by atoms with Crippen molar-refractivity contribution in [1.82, 2.24) is 24.9 Å². The first-order chi connectivity index (χ1) is 12.8. The summed E-state index contributed by atoms with van der Waals surface area (Å²) in [5.41, 5.74) is 7.63. The number of aromatic nitrogens is 5. The molecule has 0 spiro atoms.